The van der Waals surface area contributed by atoms with Crippen molar-refractivity contribution in [1.29, 1.82) is 0 Å². The van der Waals surface area contributed by atoms with Gasteiger partial charge in [-0.25, -0.2) is 0 Å². The molecule has 17 heavy (non-hydrogen) atoms. The SMILES string of the molecule is CC1=CC(c2c[c-]c(C)cn2)=CC(C)(C)C1.[Y]. The predicted molar refractivity (Wildman–Crippen MR) is 67.9 cm³/mol. The minimum Gasteiger partial charge on any atom is -0.383 e. The molecule has 1 heterocycles. The first-order chi connectivity index (χ1) is 7.46. The molecule has 87 valence electrons. The van der Waals surface area contributed by atoms with Crippen molar-refractivity contribution >= 4 is 5.57 Å². The molecule has 0 amide bonds. The van der Waals surface area contributed by atoms with E-state index in [1.54, 1.807) is 0 Å². The maximum absolute atomic E-state index is 4.46. The first kappa shape index (κ1) is 14.8. The van der Waals surface area contributed by atoms with Gasteiger partial charge in [0.15, 0.2) is 0 Å². The maximum Gasteiger partial charge on any atom is 0 e. The Morgan fingerprint density at radius 1 is 1.29 bits per heavy atom. The van der Waals surface area contributed by atoms with E-state index < -0.39 is 0 Å². The van der Waals surface area contributed by atoms with Gasteiger partial charge in [-0.1, -0.05) is 50.3 Å². The number of allylic oxidation sites excluding steroid dienone is 4. The molecule has 0 bridgehead atoms. The molecular weight excluding hydrogens is 283 g/mol. The Kier molecular flexibility index (Phi) is 4.86. The third kappa shape index (κ3) is 3.86. The molecule has 2 rings (SSSR count). The average Bonchev–Trinajstić information content (AvgIpc) is 2.15. The van der Waals surface area contributed by atoms with Crippen LogP contribution in [0, 0.1) is 18.4 Å². The molecule has 0 atom stereocenters. The van der Waals surface area contributed by atoms with Crippen LogP contribution in [0.4, 0.5) is 0 Å². The van der Waals surface area contributed by atoms with Crippen molar-refractivity contribution < 1.29 is 32.7 Å². The van der Waals surface area contributed by atoms with Crippen molar-refractivity contribution in [2.45, 2.75) is 34.1 Å². The van der Waals surface area contributed by atoms with Crippen LogP contribution in [-0.2, 0) is 32.7 Å². The third-order valence-corrected chi connectivity index (χ3v) is 2.81. The summed E-state index contributed by atoms with van der Waals surface area (Å²) in [5.74, 6) is 0. The summed E-state index contributed by atoms with van der Waals surface area (Å²) in [5, 5.41) is 0. The van der Waals surface area contributed by atoms with Gasteiger partial charge in [0.25, 0.3) is 0 Å². The Morgan fingerprint density at radius 2 is 2.00 bits per heavy atom. The molecule has 0 saturated carbocycles. The monoisotopic (exact) mass is 301 g/mol. The fraction of sp³-hybridized carbons (Fsp3) is 0.400. The zero-order valence-corrected chi connectivity index (χ0v) is 13.9. The molecule has 1 radical (unpaired) electrons. The Morgan fingerprint density at radius 3 is 2.53 bits per heavy atom. The third-order valence-electron chi connectivity index (χ3n) is 2.81. The fourth-order valence-corrected chi connectivity index (χ4v) is 2.28. The van der Waals surface area contributed by atoms with Gasteiger partial charge in [-0.3, -0.25) is 0 Å². The number of nitrogens with zero attached hydrogens (tertiary/aromatic N) is 1. The van der Waals surface area contributed by atoms with Gasteiger partial charge >= 0.3 is 0 Å². The van der Waals surface area contributed by atoms with Gasteiger partial charge in [0.1, 0.15) is 0 Å². The molecule has 0 N–H and O–H groups in total. The van der Waals surface area contributed by atoms with Crippen molar-refractivity contribution in [3.8, 4) is 0 Å². The van der Waals surface area contributed by atoms with E-state index in [4.69, 9.17) is 0 Å². The number of hydrogen-bond acceptors (Lipinski definition) is 1. The van der Waals surface area contributed by atoms with Crippen LogP contribution in [0.1, 0.15) is 38.4 Å². The van der Waals surface area contributed by atoms with Gasteiger partial charge in [0, 0.05) is 32.7 Å². The van der Waals surface area contributed by atoms with E-state index in [2.05, 4.69) is 44.0 Å². The Labute approximate surface area is 129 Å². The quantitative estimate of drug-likeness (QED) is 0.716. The summed E-state index contributed by atoms with van der Waals surface area (Å²) in [5.41, 5.74) is 4.99. The number of pyridine rings is 1. The van der Waals surface area contributed by atoms with Crippen molar-refractivity contribution in [2.24, 2.45) is 5.41 Å². The van der Waals surface area contributed by atoms with Gasteiger partial charge in [-0.15, -0.1) is 5.56 Å². The molecule has 1 aliphatic rings. The van der Waals surface area contributed by atoms with E-state index in [9.17, 15) is 0 Å². The molecule has 0 aromatic carbocycles. The number of aryl methyl sites for hydroxylation is 1. The zero-order chi connectivity index (χ0) is 11.8. The molecule has 1 aliphatic carbocycles. The first-order valence-electron chi connectivity index (χ1n) is 5.71. The molecule has 0 spiro atoms. The second-order valence-corrected chi connectivity index (χ2v) is 5.37. The van der Waals surface area contributed by atoms with E-state index in [1.807, 2.05) is 19.2 Å². The van der Waals surface area contributed by atoms with Crippen LogP contribution < -0.4 is 0 Å². The van der Waals surface area contributed by atoms with Crippen LogP contribution in [0.5, 0.6) is 0 Å². The topological polar surface area (TPSA) is 12.9 Å². The van der Waals surface area contributed by atoms with Crippen LogP contribution in [0.25, 0.3) is 5.57 Å². The van der Waals surface area contributed by atoms with E-state index >= 15 is 0 Å². The second kappa shape index (κ2) is 5.58. The number of aromatic nitrogens is 1. The molecule has 2 heteroatoms. The smallest absolute Gasteiger partial charge is 0 e. The summed E-state index contributed by atoms with van der Waals surface area (Å²) in [6, 6.07) is 5.19. The normalized spacial score (nSPS) is 17.9. The molecule has 0 fully saturated rings. The van der Waals surface area contributed by atoms with Crippen LogP contribution in [0.2, 0.25) is 0 Å². The van der Waals surface area contributed by atoms with Crippen molar-refractivity contribution in [3.63, 3.8) is 0 Å². The summed E-state index contributed by atoms with van der Waals surface area (Å²) in [7, 11) is 0. The van der Waals surface area contributed by atoms with Crippen molar-refractivity contribution in [1.82, 2.24) is 4.98 Å². The summed E-state index contributed by atoms with van der Waals surface area (Å²) < 4.78 is 0. The molecule has 1 aromatic heterocycles. The molecule has 1 aromatic rings. The second-order valence-electron chi connectivity index (χ2n) is 5.37. The van der Waals surface area contributed by atoms with Crippen LogP contribution in [0.15, 0.2) is 30.0 Å². The Bertz CT molecular complexity index is 452. The van der Waals surface area contributed by atoms with Gasteiger partial charge in [0.05, 0.1) is 0 Å². The van der Waals surface area contributed by atoms with Gasteiger partial charge in [0.2, 0.25) is 0 Å². The van der Waals surface area contributed by atoms with Crippen LogP contribution in [-0.4, -0.2) is 4.98 Å². The van der Waals surface area contributed by atoms with Gasteiger partial charge in [-0.05, 0) is 24.5 Å². The minimum absolute atomic E-state index is 0. The molecule has 0 unspecified atom stereocenters. The summed E-state index contributed by atoms with van der Waals surface area (Å²) in [4.78, 5) is 4.46. The summed E-state index contributed by atoms with van der Waals surface area (Å²) >= 11 is 0. The summed E-state index contributed by atoms with van der Waals surface area (Å²) in [6.45, 7) is 8.73. The minimum atomic E-state index is 0. The van der Waals surface area contributed by atoms with E-state index in [0.29, 0.717) is 0 Å². The first-order valence-corrected chi connectivity index (χ1v) is 5.71. The van der Waals surface area contributed by atoms with E-state index in [0.717, 1.165) is 17.7 Å². The van der Waals surface area contributed by atoms with Crippen LogP contribution in [0.3, 0.4) is 0 Å². The number of rotatable bonds is 1. The van der Waals surface area contributed by atoms with E-state index in [-0.39, 0.29) is 38.1 Å². The predicted octanol–water partition coefficient (Wildman–Crippen LogP) is 3.95. The van der Waals surface area contributed by atoms with E-state index in [1.165, 1.54) is 11.1 Å². The molecule has 0 saturated heterocycles. The molecular formula is C15H18NY-. The molecule has 0 aliphatic heterocycles. The van der Waals surface area contributed by atoms with Crippen molar-refractivity contribution in [3.05, 3.63) is 47.3 Å². The number of hydrogen-bond donors (Lipinski definition) is 0. The van der Waals surface area contributed by atoms with Gasteiger partial charge in [-0.2, -0.15) is 12.1 Å². The largest absolute Gasteiger partial charge is 0.383 e. The standard InChI is InChI=1S/C15H18N.Y/c1-11-5-6-14(16-10-11)13-7-12(2)8-15(3,4)9-13;/h6-7,9-10H,8H2,1-4H3;/q-1;. The zero-order valence-electron chi connectivity index (χ0n) is 11.0. The summed E-state index contributed by atoms with van der Waals surface area (Å²) in [6.07, 6.45) is 7.55. The molecule has 1 nitrogen and oxygen atoms in total. The van der Waals surface area contributed by atoms with Gasteiger partial charge < -0.3 is 4.98 Å². The van der Waals surface area contributed by atoms with Crippen molar-refractivity contribution in [2.75, 3.05) is 0 Å². The Balaban J connectivity index is 0.00000144. The Hall–Kier alpha value is -0.266. The fourth-order valence-electron chi connectivity index (χ4n) is 2.28. The average molecular weight is 301 g/mol. The maximum atomic E-state index is 4.46. The van der Waals surface area contributed by atoms with Crippen LogP contribution >= 0.6 is 0 Å².